The molecule has 68 valence electrons. The Bertz CT molecular complexity index is 301. The van der Waals surface area contributed by atoms with Crippen molar-refractivity contribution in [3.8, 4) is 0 Å². The van der Waals surface area contributed by atoms with Crippen molar-refractivity contribution in [1.29, 1.82) is 0 Å². The van der Waals surface area contributed by atoms with E-state index in [9.17, 15) is 8.78 Å². The van der Waals surface area contributed by atoms with Crippen LogP contribution < -0.4 is 0 Å². The maximum atomic E-state index is 12.7. The minimum Gasteiger partial charge on any atom is -0.243 e. The third kappa shape index (κ3) is 1.43. The van der Waals surface area contributed by atoms with E-state index in [-0.39, 0.29) is 5.15 Å². The summed E-state index contributed by atoms with van der Waals surface area (Å²) in [6, 6.07) is 0. The Labute approximate surface area is 74.1 Å². The molecule has 1 rings (SSSR count). The fourth-order valence-electron chi connectivity index (χ4n) is 0.798. The van der Waals surface area contributed by atoms with E-state index in [0.717, 1.165) is 4.68 Å². The number of halogens is 3. The predicted molar refractivity (Wildman–Crippen MR) is 42.1 cm³/mol. The molecule has 0 aromatic carbocycles. The van der Waals surface area contributed by atoms with Crippen molar-refractivity contribution >= 4 is 11.6 Å². The lowest BCUT2D eigenvalue weighted by molar-refractivity contribution is 0.342. The van der Waals surface area contributed by atoms with Gasteiger partial charge in [-0.1, -0.05) is 11.6 Å². The summed E-state index contributed by atoms with van der Waals surface area (Å²) in [4.78, 5) is 0. The molecule has 0 spiro atoms. The fourth-order valence-corrected chi connectivity index (χ4v) is 1.17. The summed E-state index contributed by atoms with van der Waals surface area (Å²) in [5, 5.41) is 3.03. The summed E-state index contributed by atoms with van der Waals surface area (Å²) < 4.78 is 26.3. The van der Waals surface area contributed by atoms with Gasteiger partial charge in [0, 0.05) is 0 Å². The third-order valence-electron chi connectivity index (χ3n) is 1.37. The van der Waals surface area contributed by atoms with Gasteiger partial charge in [-0.15, -0.1) is 5.10 Å². The normalized spacial score (nSPS) is 12.2. The van der Waals surface area contributed by atoms with Crippen molar-refractivity contribution in [2.45, 2.75) is 26.3 Å². The molecular weight excluding hydrogens is 186 g/mol. The summed E-state index contributed by atoms with van der Waals surface area (Å²) in [6.07, 6.45) is 0. The van der Waals surface area contributed by atoms with Crippen LogP contribution in [-0.2, 0) is 5.54 Å². The lowest BCUT2D eigenvalue weighted by Gasteiger charge is -2.19. The predicted octanol–water partition coefficient (Wildman–Crippen LogP) is 2.57. The third-order valence-corrected chi connectivity index (χ3v) is 1.70. The highest BCUT2D eigenvalue weighted by atomic mass is 35.5. The summed E-state index contributed by atoms with van der Waals surface area (Å²) in [7, 11) is 0. The lowest BCUT2D eigenvalue weighted by atomic mass is 10.1. The monoisotopic (exact) mass is 194 g/mol. The van der Waals surface area contributed by atoms with Crippen LogP contribution in [0.2, 0.25) is 5.15 Å². The molecule has 1 aromatic heterocycles. The smallest absolute Gasteiger partial charge is 0.243 e. The number of hydrogen-bond acceptors (Lipinski definition) is 1. The molecule has 0 bridgehead atoms. The molecule has 0 amide bonds. The highest BCUT2D eigenvalue weighted by molar-refractivity contribution is 6.29. The Balaban J connectivity index is 3.28. The van der Waals surface area contributed by atoms with Crippen LogP contribution in [-0.4, -0.2) is 9.78 Å². The molecular formula is C7H9ClF2N2. The number of hydrogen-bond donors (Lipinski definition) is 0. The molecule has 0 N–H and O–H groups in total. The van der Waals surface area contributed by atoms with Gasteiger partial charge in [0.15, 0.2) is 5.15 Å². The van der Waals surface area contributed by atoms with E-state index in [1.54, 1.807) is 20.8 Å². The van der Waals surface area contributed by atoms with E-state index in [1.165, 1.54) is 0 Å². The second-order valence-corrected chi connectivity index (χ2v) is 3.84. The molecule has 0 saturated carbocycles. The van der Waals surface area contributed by atoms with Crippen LogP contribution in [0.1, 0.15) is 20.8 Å². The number of rotatable bonds is 0. The minimum absolute atomic E-state index is 0.292. The topological polar surface area (TPSA) is 17.8 Å². The fraction of sp³-hybridized carbons (Fsp3) is 0.571. The van der Waals surface area contributed by atoms with Gasteiger partial charge >= 0.3 is 0 Å². The Hall–Kier alpha value is -0.640. The van der Waals surface area contributed by atoms with Crippen molar-refractivity contribution in [3.05, 3.63) is 16.9 Å². The molecule has 1 aromatic rings. The zero-order chi connectivity index (χ0) is 9.52. The molecule has 0 radical (unpaired) electrons. The highest BCUT2D eigenvalue weighted by Gasteiger charge is 2.23. The highest BCUT2D eigenvalue weighted by Crippen LogP contribution is 2.23. The maximum Gasteiger partial charge on any atom is 0.269 e. The molecule has 0 aliphatic rings. The Morgan fingerprint density at radius 1 is 1.33 bits per heavy atom. The standard InChI is InChI=1S/C7H9ClF2N2/c1-7(2,3)12-5(8)4(9)6(10)11-12/h1-3H3. The Kier molecular flexibility index (Phi) is 2.12. The second kappa shape index (κ2) is 2.69. The maximum absolute atomic E-state index is 12.7. The van der Waals surface area contributed by atoms with Crippen LogP contribution in [0.15, 0.2) is 0 Å². The van der Waals surface area contributed by atoms with E-state index >= 15 is 0 Å². The van der Waals surface area contributed by atoms with Crippen molar-refractivity contribution in [1.82, 2.24) is 9.78 Å². The van der Waals surface area contributed by atoms with Crippen LogP contribution in [0, 0.1) is 11.8 Å². The average Bonchev–Trinajstić information content (AvgIpc) is 2.15. The van der Waals surface area contributed by atoms with Crippen LogP contribution in [0.5, 0.6) is 0 Å². The number of aromatic nitrogens is 2. The molecule has 0 atom stereocenters. The van der Waals surface area contributed by atoms with E-state index in [4.69, 9.17) is 11.6 Å². The van der Waals surface area contributed by atoms with Gasteiger partial charge in [-0.25, -0.2) is 4.68 Å². The summed E-state index contributed by atoms with van der Waals surface area (Å²) in [5.41, 5.74) is -0.512. The van der Waals surface area contributed by atoms with Crippen molar-refractivity contribution in [3.63, 3.8) is 0 Å². The van der Waals surface area contributed by atoms with Gasteiger partial charge in [0.2, 0.25) is 5.82 Å². The van der Waals surface area contributed by atoms with Crippen LogP contribution in [0.4, 0.5) is 8.78 Å². The van der Waals surface area contributed by atoms with E-state index in [0.29, 0.717) is 0 Å². The lowest BCUT2D eigenvalue weighted by Crippen LogP contribution is -2.23. The molecule has 0 aliphatic carbocycles. The Morgan fingerprint density at radius 2 is 1.83 bits per heavy atom. The van der Waals surface area contributed by atoms with E-state index in [1.807, 2.05) is 0 Å². The Morgan fingerprint density at radius 3 is 2.00 bits per heavy atom. The average molecular weight is 195 g/mol. The zero-order valence-electron chi connectivity index (χ0n) is 7.03. The van der Waals surface area contributed by atoms with Crippen molar-refractivity contribution < 1.29 is 8.78 Å². The van der Waals surface area contributed by atoms with Gasteiger partial charge in [0.25, 0.3) is 5.95 Å². The van der Waals surface area contributed by atoms with Crippen molar-refractivity contribution in [2.24, 2.45) is 0 Å². The molecule has 0 saturated heterocycles. The zero-order valence-corrected chi connectivity index (χ0v) is 7.78. The van der Waals surface area contributed by atoms with E-state index in [2.05, 4.69) is 5.10 Å². The summed E-state index contributed by atoms with van der Waals surface area (Å²) in [6.45, 7) is 5.26. The van der Waals surface area contributed by atoms with Gasteiger partial charge in [0.05, 0.1) is 5.54 Å². The summed E-state index contributed by atoms with van der Waals surface area (Å²) in [5.74, 6) is -2.25. The van der Waals surface area contributed by atoms with Gasteiger partial charge in [-0.05, 0) is 20.8 Å². The van der Waals surface area contributed by atoms with Gasteiger partial charge in [-0.2, -0.15) is 8.78 Å². The second-order valence-electron chi connectivity index (χ2n) is 3.48. The molecule has 1 heterocycles. The number of nitrogens with zero attached hydrogens (tertiary/aromatic N) is 2. The molecule has 0 unspecified atom stereocenters. The van der Waals surface area contributed by atoms with Gasteiger partial charge < -0.3 is 0 Å². The first-order valence-electron chi connectivity index (χ1n) is 3.44. The first-order chi connectivity index (χ1) is 5.34. The van der Waals surface area contributed by atoms with Crippen LogP contribution in [0.25, 0.3) is 0 Å². The quantitative estimate of drug-likeness (QED) is 0.621. The molecule has 12 heavy (non-hydrogen) atoms. The van der Waals surface area contributed by atoms with Crippen molar-refractivity contribution in [2.75, 3.05) is 0 Å². The summed E-state index contributed by atoms with van der Waals surface area (Å²) >= 11 is 5.48. The van der Waals surface area contributed by atoms with Gasteiger partial charge in [0.1, 0.15) is 0 Å². The van der Waals surface area contributed by atoms with Crippen LogP contribution >= 0.6 is 11.6 Å². The first-order valence-corrected chi connectivity index (χ1v) is 3.82. The van der Waals surface area contributed by atoms with Crippen LogP contribution in [0.3, 0.4) is 0 Å². The molecule has 0 aliphatic heterocycles. The van der Waals surface area contributed by atoms with Gasteiger partial charge in [-0.3, -0.25) is 0 Å². The SMILES string of the molecule is CC(C)(C)n1nc(F)c(F)c1Cl. The molecule has 0 fully saturated rings. The largest absolute Gasteiger partial charge is 0.269 e. The first kappa shape index (κ1) is 9.45. The molecule has 5 heteroatoms. The molecule has 2 nitrogen and oxygen atoms in total. The minimum atomic E-state index is -1.16. The van der Waals surface area contributed by atoms with E-state index < -0.39 is 17.3 Å².